The number of rotatable bonds is 4. The summed E-state index contributed by atoms with van der Waals surface area (Å²) in [6, 6.07) is 2.44. The van der Waals surface area contributed by atoms with E-state index >= 15 is 0 Å². The van der Waals surface area contributed by atoms with E-state index in [2.05, 4.69) is 27.6 Å². The summed E-state index contributed by atoms with van der Waals surface area (Å²) in [6.07, 6.45) is 3.30. The zero-order valence-corrected chi connectivity index (χ0v) is 14.1. The van der Waals surface area contributed by atoms with Gasteiger partial charge < -0.3 is 0 Å². The first-order chi connectivity index (χ1) is 9.78. The third kappa shape index (κ3) is 3.81. The van der Waals surface area contributed by atoms with Crippen LogP contribution in [0.3, 0.4) is 0 Å². The molecule has 3 nitrogen and oxygen atoms in total. The first kappa shape index (κ1) is 16.8. The van der Waals surface area contributed by atoms with Crippen LogP contribution in [0, 0.1) is 17.6 Å². The van der Waals surface area contributed by atoms with Crippen molar-refractivity contribution in [3.8, 4) is 0 Å². The van der Waals surface area contributed by atoms with Crippen molar-refractivity contribution in [2.75, 3.05) is 5.33 Å². The van der Waals surface area contributed by atoms with Gasteiger partial charge in [0.2, 0.25) is 10.0 Å². The fourth-order valence-electron chi connectivity index (χ4n) is 2.92. The second-order valence-corrected chi connectivity index (χ2v) is 8.01. The van der Waals surface area contributed by atoms with Crippen molar-refractivity contribution < 1.29 is 17.2 Å². The quantitative estimate of drug-likeness (QED) is 0.810. The molecule has 7 heteroatoms. The molecule has 1 aromatic rings. The van der Waals surface area contributed by atoms with E-state index < -0.39 is 32.1 Å². The Labute approximate surface area is 132 Å². The average Bonchev–Trinajstić information content (AvgIpc) is 2.41. The number of alkyl halides is 1. The molecule has 118 valence electrons. The van der Waals surface area contributed by atoms with Gasteiger partial charge in [0, 0.05) is 10.9 Å². The predicted octanol–water partition coefficient (Wildman–Crippen LogP) is 3.59. The lowest BCUT2D eigenvalue weighted by Crippen LogP contribution is -2.52. The van der Waals surface area contributed by atoms with Gasteiger partial charge >= 0.3 is 0 Å². The molecule has 0 saturated heterocycles. The average molecular weight is 382 g/mol. The lowest BCUT2D eigenvalue weighted by Gasteiger charge is -2.39. The third-order valence-corrected chi connectivity index (χ3v) is 6.55. The minimum Gasteiger partial charge on any atom is -0.207 e. The van der Waals surface area contributed by atoms with Gasteiger partial charge in [-0.05, 0) is 37.0 Å². The molecule has 0 bridgehead atoms. The van der Waals surface area contributed by atoms with Crippen LogP contribution in [0.15, 0.2) is 23.1 Å². The van der Waals surface area contributed by atoms with Gasteiger partial charge in [-0.2, -0.15) is 0 Å². The van der Waals surface area contributed by atoms with E-state index in [1.165, 1.54) is 0 Å². The Morgan fingerprint density at radius 1 is 1.43 bits per heavy atom. The van der Waals surface area contributed by atoms with Crippen LogP contribution in [0.1, 0.15) is 32.6 Å². The minimum atomic E-state index is -4.10. The Balaban J connectivity index is 2.33. The molecule has 0 aliphatic heterocycles. The highest BCUT2D eigenvalue weighted by Crippen LogP contribution is 2.35. The van der Waals surface area contributed by atoms with Gasteiger partial charge in [-0.25, -0.2) is 21.9 Å². The molecule has 0 heterocycles. The third-order valence-electron chi connectivity index (χ3n) is 3.88. The van der Waals surface area contributed by atoms with Crippen molar-refractivity contribution in [1.82, 2.24) is 4.72 Å². The lowest BCUT2D eigenvalue weighted by atomic mass is 9.78. The molecular formula is C14H18BrF2NO2S. The normalized spacial score (nSPS) is 26.8. The topological polar surface area (TPSA) is 46.2 Å². The Morgan fingerprint density at radius 3 is 2.76 bits per heavy atom. The molecular weight excluding hydrogens is 364 g/mol. The lowest BCUT2D eigenvalue weighted by molar-refractivity contribution is 0.241. The molecule has 1 saturated carbocycles. The smallest absolute Gasteiger partial charge is 0.207 e. The zero-order chi connectivity index (χ0) is 15.7. The molecule has 0 amide bonds. The molecule has 0 radical (unpaired) electrons. The largest absolute Gasteiger partial charge is 0.244 e. The summed E-state index contributed by atoms with van der Waals surface area (Å²) in [5.74, 6) is -1.34. The van der Waals surface area contributed by atoms with Crippen molar-refractivity contribution in [3.05, 3.63) is 29.8 Å². The summed E-state index contributed by atoms with van der Waals surface area (Å²) in [7, 11) is -4.10. The Kier molecular flexibility index (Phi) is 5.05. The van der Waals surface area contributed by atoms with Crippen LogP contribution >= 0.6 is 15.9 Å². The number of sulfonamides is 1. The van der Waals surface area contributed by atoms with Crippen LogP contribution in [0.25, 0.3) is 0 Å². The fraction of sp³-hybridized carbons (Fsp3) is 0.571. The van der Waals surface area contributed by atoms with E-state index in [9.17, 15) is 17.2 Å². The monoisotopic (exact) mass is 381 g/mol. The zero-order valence-electron chi connectivity index (χ0n) is 11.7. The molecule has 2 rings (SSSR count). The molecule has 1 aliphatic rings. The van der Waals surface area contributed by atoms with Crippen molar-refractivity contribution in [2.24, 2.45) is 5.92 Å². The number of nitrogens with one attached hydrogen (secondary N) is 1. The summed E-state index contributed by atoms with van der Waals surface area (Å²) >= 11 is 3.36. The van der Waals surface area contributed by atoms with Crippen LogP contribution in [0.5, 0.6) is 0 Å². The second-order valence-electron chi connectivity index (χ2n) is 5.80. The Morgan fingerprint density at radius 2 is 2.14 bits per heavy atom. The summed E-state index contributed by atoms with van der Waals surface area (Å²) in [5, 5.41) is 0.445. The van der Waals surface area contributed by atoms with Crippen LogP contribution in [0.2, 0.25) is 0 Å². The van der Waals surface area contributed by atoms with Gasteiger partial charge in [0.15, 0.2) is 0 Å². The fourth-order valence-corrected chi connectivity index (χ4v) is 5.29. The van der Waals surface area contributed by atoms with E-state index in [1.807, 2.05) is 0 Å². The number of benzene rings is 1. The van der Waals surface area contributed by atoms with E-state index in [-0.39, 0.29) is 0 Å². The summed E-state index contributed by atoms with van der Waals surface area (Å²) in [5.41, 5.74) is -0.644. The molecule has 1 aromatic carbocycles. The Bertz CT molecular complexity index is 623. The standard InChI is InChI=1S/C14H18BrF2NO2S/c1-10-3-2-6-14(8-10,9-15)18-21(19,20)13-7-11(16)4-5-12(13)17/h4-5,7,10,18H,2-3,6,8-9H2,1H3. The summed E-state index contributed by atoms with van der Waals surface area (Å²) in [6.45, 7) is 2.06. The molecule has 1 fully saturated rings. The maximum atomic E-state index is 13.7. The predicted molar refractivity (Wildman–Crippen MR) is 80.8 cm³/mol. The molecule has 1 N–H and O–H groups in total. The minimum absolute atomic E-state index is 0.386. The maximum Gasteiger partial charge on any atom is 0.244 e. The maximum absolute atomic E-state index is 13.7. The van der Waals surface area contributed by atoms with E-state index in [4.69, 9.17) is 0 Å². The number of hydrogen-bond acceptors (Lipinski definition) is 2. The number of halogens is 3. The van der Waals surface area contributed by atoms with Gasteiger partial charge in [-0.1, -0.05) is 35.7 Å². The van der Waals surface area contributed by atoms with Crippen LogP contribution in [0.4, 0.5) is 8.78 Å². The van der Waals surface area contributed by atoms with Crippen LogP contribution in [-0.4, -0.2) is 19.3 Å². The van der Waals surface area contributed by atoms with Crippen molar-refractivity contribution in [2.45, 2.75) is 43.0 Å². The molecule has 0 aromatic heterocycles. The first-order valence-electron chi connectivity index (χ1n) is 6.83. The number of hydrogen-bond donors (Lipinski definition) is 1. The van der Waals surface area contributed by atoms with Crippen LogP contribution in [-0.2, 0) is 10.0 Å². The van der Waals surface area contributed by atoms with E-state index in [1.54, 1.807) is 0 Å². The van der Waals surface area contributed by atoms with Crippen LogP contribution < -0.4 is 4.72 Å². The molecule has 1 aliphatic carbocycles. The molecule has 2 atom stereocenters. The van der Waals surface area contributed by atoms with Gasteiger partial charge in [-0.15, -0.1) is 0 Å². The SMILES string of the molecule is CC1CCCC(CBr)(NS(=O)(=O)c2cc(F)ccc2F)C1. The van der Waals surface area contributed by atoms with Gasteiger partial charge in [0.1, 0.15) is 16.5 Å². The van der Waals surface area contributed by atoms with Gasteiger partial charge in [-0.3, -0.25) is 0 Å². The molecule has 21 heavy (non-hydrogen) atoms. The van der Waals surface area contributed by atoms with E-state index in [0.717, 1.165) is 25.0 Å². The Hall–Kier alpha value is -0.530. The summed E-state index contributed by atoms with van der Waals surface area (Å²) < 4.78 is 54.4. The van der Waals surface area contributed by atoms with Gasteiger partial charge in [0.05, 0.1) is 0 Å². The van der Waals surface area contributed by atoms with Crippen molar-refractivity contribution in [3.63, 3.8) is 0 Å². The highest BCUT2D eigenvalue weighted by molar-refractivity contribution is 9.09. The van der Waals surface area contributed by atoms with Crippen molar-refractivity contribution >= 4 is 26.0 Å². The highest BCUT2D eigenvalue weighted by atomic mass is 79.9. The summed E-state index contributed by atoms with van der Waals surface area (Å²) in [4.78, 5) is -0.638. The first-order valence-corrected chi connectivity index (χ1v) is 9.43. The van der Waals surface area contributed by atoms with E-state index in [0.29, 0.717) is 30.2 Å². The second kappa shape index (κ2) is 6.30. The molecule has 0 spiro atoms. The molecule has 2 unspecified atom stereocenters. The van der Waals surface area contributed by atoms with Gasteiger partial charge in [0.25, 0.3) is 0 Å². The highest BCUT2D eigenvalue weighted by Gasteiger charge is 2.38. The van der Waals surface area contributed by atoms with Crippen molar-refractivity contribution in [1.29, 1.82) is 0 Å².